The van der Waals surface area contributed by atoms with Crippen LogP contribution in [0.1, 0.15) is 24.8 Å². The molecule has 1 aromatic carbocycles. The van der Waals surface area contributed by atoms with E-state index in [-0.39, 0.29) is 6.42 Å². The van der Waals surface area contributed by atoms with Gasteiger partial charge in [0.1, 0.15) is 5.04 Å². The van der Waals surface area contributed by atoms with E-state index < -0.39 is 5.97 Å². The summed E-state index contributed by atoms with van der Waals surface area (Å²) in [6.07, 6.45) is 1.42. The van der Waals surface area contributed by atoms with Crippen LogP contribution in [0.15, 0.2) is 28.4 Å². The number of hydrogen-bond acceptors (Lipinski definition) is 4. The van der Waals surface area contributed by atoms with Gasteiger partial charge in [-0.3, -0.25) is 4.79 Å². The fraction of sp³-hybridized carbons (Fsp3) is 0.308. The first-order chi connectivity index (χ1) is 9.56. The van der Waals surface area contributed by atoms with Crippen molar-refractivity contribution >= 4 is 51.7 Å². The molecule has 0 bridgehead atoms. The smallest absolute Gasteiger partial charge is 0.303 e. The zero-order chi connectivity index (χ0) is 14.5. The van der Waals surface area contributed by atoms with E-state index in [1.54, 1.807) is 12.1 Å². The molecule has 1 aliphatic heterocycles. The second-order valence-electron chi connectivity index (χ2n) is 4.19. The predicted octanol–water partition coefficient (Wildman–Crippen LogP) is 4.10. The van der Waals surface area contributed by atoms with E-state index in [1.807, 2.05) is 6.07 Å². The minimum absolute atomic E-state index is 0.178. The molecule has 106 valence electrons. The van der Waals surface area contributed by atoms with E-state index in [0.29, 0.717) is 22.9 Å². The van der Waals surface area contributed by atoms with Gasteiger partial charge in [-0.1, -0.05) is 29.3 Å². The molecular weight excluding hydrogens is 319 g/mol. The lowest BCUT2D eigenvalue weighted by Crippen LogP contribution is -2.03. The van der Waals surface area contributed by atoms with Crippen molar-refractivity contribution in [3.63, 3.8) is 0 Å². The van der Waals surface area contributed by atoms with Gasteiger partial charge in [-0.2, -0.15) is 5.10 Å². The molecule has 0 unspecified atom stereocenters. The molecule has 0 aromatic heterocycles. The first-order valence-electron chi connectivity index (χ1n) is 5.99. The van der Waals surface area contributed by atoms with E-state index in [1.165, 1.54) is 11.8 Å². The predicted molar refractivity (Wildman–Crippen MR) is 84.4 cm³/mol. The van der Waals surface area contributed by atoms with Gasteiger partial charge in [-0.05, 0) is 24.3 Å². The molecule has 0 spiro atoms. The van der Waals surface area contributed by atoms with Gasteiger partial charge in [0.05, 0.1) is 10.7 Å². The maximum absolute atomic E-state index is 10.4. The Kier molecular flexibility index (Phi) is 5.46. The molecule has 0 saturated heterocycles. The molecule has 1 heterocycles. The molecular formula is C13H12Cl2N2O2S. The fourth-order valence-electron chi connectivity index (χ4n) is 1.70. The van der Waals surface area contributed by atoms with Gasteiger partial charge in [0, 0.05) is 23.4 Å². The van der Waals surface area contributed by atoms with Gasteiger partial charge in [0.15, 0.2) is 0 Å². The summed E-state index contributed by atoms with van der Waals surface area (Å²) in [7, 11) is 0. The van der Waals surface area contributed by atoms with Crippen LogP contribution in [-0.2, 0) is 4.79 Å². The van der Waals surface area contributed by atoms with Crippen molar-refractivity contribution in [2.24, 2.45) is 10.2 Å². The maximum Gasteiger partial charge on any atom is 0.303 e. The van der Waals surface area contributed by atoms with Crippen molar-refractivity contribution in [1.82, 2.24) is 0 Å². The van der Waals surface area contributed by atoms with Crippen molar-refractivity contribution in [1.29, 1.82) is 0 Å². The molecule has 0 aliphatic carbocycles. The SMILES string of the molecule is O=C(O)CCCSC1=NN=C(c2ccc(Cl)cc2Cl)C1. The first-order valence-corrected chi connectivity index (χ1v) is 7.74. The standard InChI is InChI=1S/C13H12Cl2N2O2S/c14-8-3-4-9(10(15)6-8)11-7-12(17-16-11)20-5-1-2-13(18)19/h3-4,6H,1-2,5,7H2,(H,18,19). The number of benzene rings is 1. The molecule has 1 aliphatic rings. The van der Waals surface area contributed by atoms with Crippen LogP contribution in [-0.4, -0.2) is 27.6 Å². The Morgan fingerprint density at radius 2 is 2.15 bits per heavy atom. The van der Waals surface area contributed by atoms with Gasteiger partial charge in [-0.25, -0.2) is 0 Å². The minimum atomic E-state index is -0.774. The van der Waals surface area contributed by atoms with Crippen LogP contribution in [0.2, 0.25) is 10.0 Å². The Hall–Kier alpha value is -1.04. The molecule has 2 rings (SSSR count). The highest BCUT2D eigenvalue weighted by Crippen LogP contribution is 2.26. The average Bonchev–Trinajstić information content (AvgIpc) is 2.83. The molecule has 0 fully saturated rings. The van der Waals surface area contributed by atoms with Crippen LogP contribution in [0.5, 0.6) is 0 Å². The Labute approximate surface area is 130 Å². The molecule has 0 radical (unpaired) electrons. The largest absolute Gasteiger partial charge is 0.481 e. The maximum atomic E-state index is 10.4. The lowest BCUT2D eigenvalue weighted by molar-refractivity contribution is -0.137. The van der Waals surface area contributed by atoms with Crippen LogP contribution in [0.25, 0.3) is 0 Å². The zero-order valence-electron chi connectivity index (χ0n) is 10.5. The van der Waals surface area contributed by atoms with Crippen LogP contribution >= 0.6 is 35.0 Å². The third-order valence-corrected chi connectivity index (χ3v) is 4.25. The highest BCUT2D eigenvalue weighted by atomic mass is 35.5. The van der Waals surface area contributed by atoms with Crippen LogP contribution in [0.4, 0.5) is 0 Å². The van der Waals surface area contributed by atoms with Crippen molar-refractivity contribution in [3.05, 3.63) is 33.8 Å². The van der Waals surface area contributed by atoms with E-state index in [0.717, 1.165) is 22.1 Å². The van der Waals surface area contributed by atoms with Gasteiger partial charge >= 0.3 is 5.97 Å². The van der Waals surface area contributed by atoms with Gasteiger partial charge in [0.25, 0.3) is 0 Å². The van der Waals surface area contributed by atoms with E-state index in [2.05, 4.69) is 10.2 Å². The summed E-state index contributed by atoms with van der Waals surface area (Å²) < 4.78 is 0. The number of halogens is 2. The Bertz CT molecular complexity index is 588. The van der Waals surface area contributed by atoms with Gasteiger partial charge in [0.2, 0.25) is 0 Å². The summed E-state index contributed by atoms with van der Waals surface area (Å²) in [4.78, 5) is 10.4. The Morgan fingerprint density at radius 3 is 2.85 bits per heavy atom. The van der Waals surface area contributed by atoms with Gasteiger partial charge < -0.3 is 5.11 Å². The highest BCUT2D eigenvalue weighted by Gasteiger charge is 2.17. The lowest BCUT2D eigenvalue weighted by atomic mass is 10.1. The zero-order valence-corrected chi connectivity index (χ0v) is 12.8. The summed E-state index contributed by atoms with van der Waals surface area (Å²) in [5.74, 6) is -0.0497. The number of nitrogens with zero attached hydrogens (tertiary/aromatic N) is 2. The second kappa shape index (κ2) is 7.11. The van der Waals surface area contributed by atoms with Crippen LogP contribution in [0, 0.1) is 0 Å². The Morgan fingerprint density at radius 1 is 1.35 bits per heavy atom. The number of aliphatic carboxylic acids is 1. The summed E-state index contributed by atoms with van der Waals surface area (Å²) in [6, 6.07) is 5.28. The summed E-state index contributed by atoms with van der Waals surface area (Å²) in [5, 5.41) is 18.8. The number of carbonyl (C=O) groups is 1. The second-order valence-corrected chi connectivity index (χ2v) is 6.20. The monoisotopic (exact) mass is 330 g/mol. The lowest BCUT2D eigenvalue weighted by Gasteiger charge is -2.04. The minimum Gasteiger partial charge on any atom is -0.481 e. The summed E-state index contributed by atoms with van der Waals surface area (Å²) in [5.41, 5.74) is 1.65. The molecule has 0 saturated carbocycles. The van der Waals surface area contributed by atoms with E-state index >= 15 is 0 Å². The summed E-state index contributed by atoms with van der Waals surface area (Å²) >= 11 is 13.5. The third-order valence-electron chi connectivity index (χ3n) is 2.65. The van der Waals surface area contributed by atoms with Crippen LogP contribution in [0.3, 0.4) is 0 Å². The van der Waals surface area contributed by atoms with Crippen molar-refractivity contribution in [3.8, 4) is 0 Å². The number of carboxylic acids is 1. The topological polar surface area (TPSA) is 62.0 Å². The van der Waals surface area contributed by atoms with Crippen molar-refractivity contribution in [2.45, 2.75) is 19.3 Å². The van der Waals surface area contributed by atoms with E-state index in [4.69, 9.17) is 28.3 Å². The van der Waals surface area contributed by atoms with Gasteiger partial charge in [-0.15, -0.1) is 16.9 Å². The quantitative estimate of drug-likeness (QED) is 0.827. The number of hydrogen-bond donors (Lipinski definition) is 1. The number of carboxylic acid groups (broad SMARTS) is 1. The highest BCUT2D eigenvalue weighted by molar-refractivity contribution is 8.14. The molecule has 0 atom stereocenters. The number of thioether (sulfide) groups is 1. The van der Waals surface area contributed by atoms with Crippen LogP contribution < -0.4 is 0 Å². The average molecular weight is 331 g/mol. The molecule has 7 heteroatoms. The normalized spacial score (nSPS) is 14.1. The van der Waals surface area contributed by atoms with Crippen molar-refractivity contribution < 1.29 is 9.90 Å². The van der Waals surface area contributed by atoms with E-state index in [9.17, 15) is 4.79 Å². The summed E-state index contributed by atoms with van der Waals surface area (Å²) in [6.45, 7) is 0. The first kappa shape index (κ1) is 15.4. The number of rotatable bonds is 5. The third kappa shape index (κ3) is 4.23. The fourth-order valence-corrected chi connectivity index (χ4v) is 3.08. The molecule has 0 amide bonds. The van der Waals surface area contributed by atoms with Crippen molar-refractivity contribution in [2.75, 3.05) is 5.75 Å². The molecule has 4 nitrogen and oxygen atoms in total. The molecule has 20 heavy (non-hydrogen) atoms. The molecule has 1 N–H and O–H groups in total. The Balaban J connectivity index is 1.86. The molecule has 1 aromatic rings.